The van der Waals surface area contributed by atoms with E-state index >= 15 is 0 Å². The first-order chi connectivity index (χ1) is 8.70. The molecule has 0 aliphatic heterocycles. The fraction of sp³-hybridized carbons (Fsp3) is 0.300. The third-order valence-electron chi connectivity index (χ3n) is 2.28. The van der Waals surface area contributed by atoms with Gasteiger partial charge in [0.2, 0.25) is 0 Å². The smallest absolute Gasteiger partial charge is 1.00 e. The van der Waals surface area contributed by atoms with E-state index in [1.54, 1.807) is 0 Å². The van der Waals surface area contributed by atoms with Crippen LogP contribution in [0.25, 0.3) is 0 Å². The Morgan fingerprint density at radius 3 is 2.15 bits per heavy atom. The molecule has 1 aromatic carbocycles. The van der Waals surface area contributed by atoms with Crippen molar-refractivity contribution in [2.24, 2.45) is 0 Å². The van der Waals surface area contributed by atoms with E-state index in [0.717, 1.165) is 0 Å². The molecule has 1 aromatic rings. The number of rotatable bonds is 6. The van der Waals surface area contributed by atoms with Crippen LogP contribution in [-0.4, -0.2) is 43.8 Å². The maximum Gasteiger partial charge on any atom is 1.00 e. The van der Waals surface area contributed by atoms with Crippen molar-refractivity contribution in [3.8, 4) is 0 Å². The van der Waals surface area contributed by atoms with E-state index in [4.69, 9.17) is 14.9 Å². The van der Waals surface area contributed by atoms with E-state index in [2.05, 4.69) is 4.52 Å². The average molecular weight is 332 g/mol. The predicted molar refractivity (Wildman–Crippen MR) is 63.5 cm³/mol. The monoisotopic (exact) mass is 332 g/mol. The molecule has 10 heteroatoms. The van der Waals surface area contributed by atoms with Gasteiger partial charge >= 0.3 is 65.2 Å². The Morgan fingerprint density at radius 1 is 1.25 bits per heavy atom. The fourth-order valence-electron chi connectivity index (χ4n) is 1.31. The number of hydrogen-bond acceptors (Lipinski definition) is 5. The number of benzene rings is 1. The molecule has 0 bridgehead atoms. The Balaban J connectivity index is 0. The summed E-state index contributed by atoms with van der Waals surface area (Å²) in [7, 11) is -4.72. The minimum absolute atomic E-state index is 0. The normalized spacial score (nSPS) is 14.2. The molecule has 0 aromatic heterocycles. The van der Waals surface area contributed by atoms with E-state index in [1.807, 2.05) is 0 Å². The molecule has 0 radical (unpaired) electrons. The fourth-order valence-corrected chi connectivity index (χ4v) is 1.66. The first kappa shape index (κ1) is 20.4. The molecule has 0 heterocycles. The Morgan fingerprint density at radius 2 is 1.75 bits per heavy atom. The number of aliphatic hydroxyl groups excluding tert-OH is 2. The van der Waals surface area contributed by atoms with Crippen LogP contribution < -0.4 is 51.4 Å². The summed E-state index contributed by atoms with van der Waals surface area (Å²) in [6.45, 7) is -0.758. The van der Waals surface area contributed by atoms with Crippen molar-refractivity contribution in [2.75, 3.05) is 6.61 Å². The first-order valence-corrected chi connectivity index (χ1v) is 6.63. The molecular formula is C10H14KO8P. The molecule has 0 spiro atoms. The van der Waals surface area contributed by atoms with Crippen LogP contribution in [0.2, 0.25) is 0 Å². The van der Waals surface area contributed by atoms with Crippen LogP contribution in [0.15, 0.2) is 24.3 Å². The molecule has 108 valence electrons. The Labute approximate surface area is 158 Å². The molecule has 0 saturated heterocycles. The van der Waals surface area contributed by atoms with Gasteiger partial charge in [-0.15, -0.1) is 0 Å². The van der Waals surface area contributed by atoms with Gasteiger partial charge in [0.15, 0.2) is 0 Å². The Bertz CT molecular complexity index is 490. The second-order valence-electron chi connectivity index (χ2n) is 3.73. The number of aliphatic hydroxyl groups is 2. The third kappa shape index (κ3) is 6.88. The minimum Gasteiger partial charge on any atom is -1.00 e. The van der Waals surface area contributed by atoms with Crippen LogP contribution >= 0.6 is 7.82 Å². The Hall–Kier alpha value is 0.356. The van der Waals surface area contributed by atoms with Crippen LogP contribution in [0, 0.1) is 0 Å². The molecule has 5 N–H and O–H groups in total. The number of hydrogen-bond donors (Lipinski definition) is 5. The van der Waals surface area contributed by atoms with Gasteiger partial charge in [0.1, 0.15) is 12.2 Å². The van der Waals surface area contributed by atoms with E-state index < -0.39 is 32.6 Å². The average Bonchev–Trinajstić information content (AvgIpc) is 2.34. The van der Waals surface area contributed by atoms with Crippen LogP contribution in [0.4, 0.5) is 0 Å². The zero-order valence-electron chi connectivity index (χ0n) is 11.6. The summed E-state index contributed by atoms with van der Waals surface area (Å²) in [5, 5.41) is 27.8. The molecule has 2 atom stereocenters. The molecule has 2 unspecified atom stereocenters. The van der Waals surface area contributed by atoms with Crippen molar-refractivity contribution < 1.29 is 91.8 Å². The van der Waals surface area contributed by atoms with Crippen molar-refractivity contribution >= 4 is 13.8 Å². The van der Waals surface area contributed by atoms with Crippen molar-refractivity contribution in [1.82, 2.24) is 0 Å². The summed E-state index contributed by atoms with van der Waals surface area (Å²) < 4.78 is 14.5. The van der Waals surface area contributed by atoms with Gasteiger partial charge in [-0.3, -0.25) is 4.52 Å². The van der Waals surface area contributed by atoms with Gasteiger partial charge in [-0.05, 0) is 17.7 Å². The second-order valence-corrected chi connectivity index (χ2v) is 4.97. The summed E-state index contributed by atoms with van der Waals surface area (Å²) in [6.07, 6.45) is -3.00. The number of carboxylic acids is 1. The summed E-state index contributed by atoms with van der Waals surface area (Å²) >= 11 is 0. The van der Waals surface area contributed by atoms with Crippen LogP contribution in [-0.2, 0) is 9.09 Å². The van der Waals surface area contributed by atoms with Crippen LogP contribution in [0.5, 0.6) is 0 Å². The van der Waals surface area contributed by atoms with Crippen molar-refractivity contribution in [1.29, 1.82) is 0 Å². The van der Waals surface area contributed by atoms with Gasteiger partial charge in [0.05, 0.1) is 12.2 Å². The van der Waals surface area contributed by atoms with Crippen molar-refractivity contribution in [3.05, 3.63) is 35.4 Å². The number of carboxylic acid groups (broad SMARTS) is 1. The van der Waals surface area contributed by atoms with Crippen LogP contribution in [0.1, 0.15) is 23.5 Å². The standard InChI is InChI=1S/C10H13O8P.K.H/c11-8(5-18-19(15,16)17)9(12)6-1-3-7(4-2-6)10(13)14;;/h1-4,8-9,11-12H,5H2,(H,13,14)(H2,15,16,17);;/q;+1;-1. The zero-order chi connectivity index (χ0) is 14.6. The summed E-state index contributed by atoms with van der Waals surface area (Å²) in [5.74, 6) is -1.13. The second kappa shape index (κ2) is 8.72. The third-order valence-corrected chi connectivity index (χ3v) is 2.76. The van der Waals surface area contributed by atoms with Crippen molar-refractivity contribution in [3.63, 3.8) is 0 Å². The topological polar surface area (TPSA) is 145 Å². The summed E-state index contributed by atoms with van der Waals surface area (Å²) in [5.41, 5.74) is 0.212. The van der Waals surface area contributed by atoms with Crippen LogP contribution in [0.3, 0.4) is 0 Å². The molecule has 20 heavy (non-hydrogen) atoms. The molecule has 0 amide bonds. The number of aromatic carboxylic acids is 1. The van der Waals surface area contributed by atoms with E-state index in [-0.39, 0.29) is 63.9 Å². The SMILES string of the molecule is O=C(O)c1ccc(C(O)C(O)COP(=O)(O)O)cc1.[H-].[K+]. The molecular weight excluding hydrogens is 318 g/mol. The van der Waals surface area contributed by atoms with Gasteiger partial charge in [-0.2, -0.15) is 0 Å². The van der Waals surface area contributed by atoms with Gasteiger partial charge in [-0.25, -0.2) is 9.36 Å². The first-order valence-electron chi connectivity index (χ1n) is 5.10. The minimum atomic E-state index is -4.72. The summed E-state index contributed by atoms with van der Waals surface area (Å²) in [6, 6.07) is 5.04. The Kier molecular flexibility index (Phi) is 8.87. The molecule has 8 nitrogen and oxygen atoms in total. The van der Waals surface area contributed by atoms with Crippen molar-refractivity contribution in [2.45, 2.75) is 12.2 Å². The van der Waals surface area contributed by atoms with Gasteiger partial charge < -0.3 is 26.5 Å². The quantitative estimate of drug-likeness (QED) is 0.274. The molecule has 0 fully saturated rings. The maximum absolute atomic E-state index is 10.6. The van der Waals surface area contributed by atoms with E-state index in [0.29, 0.717) is 0 Å². The number of phosphoric ester groups is 1. The number of phosphoric acid groups is 1. The van der Waals surface area contributed by atoms with E-state index in [9.17, 15) is 19.6 Å². The molecule has 0 saturated carbocycles. The number of carbonyl (C=O) groups is 1. The predicted octanol–water partition coefficient (Wildman–Crippen LogP) is -3.00. The van der Waals surface area contributed by atoms with Gasteiger partial charge in [-0.1, -0.05) is 12.1 Å². The maximum atomic E-state index is 10.6. The molecule has 0 aliphatic rings. The van der Waals surface area contributed by atoms with Gasteiger partial charge in [0.25, 0.3) is 0 Å². The summed E-state index contributed by atoms with van der Waals surface area (Å²) in [4.78, 5) is 27.5. The molecule has 0 aliphatic carbocycles. The van der Waals surface area contributed by atoms with Gasteiger partial charge in [0, 0.05) is 0 Å². The van der Waals surface area contributed by atoms with E-state index in [1.165, 1.54) is 24.3 Å². The largest absolute Gasteiger partial charge is 1.00 e. The zero-order valence-corrected chi connectivity index (χ0v) is 14.6. The molecule has 1 rings (SSSR count).